The number of ether oxygens (including phenoxy) is 2. The van der Waals surface area contributed by atoms with Gasteiger partial charge in [0.1, 0.15) is 5.60 Å². The van der Waals surface area contributed by atoms with Gasteiger partial charge in [-0.05, 0) is 13.8 Å². The standard InChI is InChI=1S/C9H9Cl3O4/c1-8(2)4-3(7(14)16-8)6(13)15-5(4)9(10,11)12/h3-5H,1-2H3/t3-,4+,5+/m0/s1. The van der Waals surface area contributed by atoms with Crippen LogP contribution in [0.15, 0.2) is 0 Å². The Morgan fingerprint density at radius 1 is 1.19 bits per heavy atom. The smallest absolute Gasteiger partial charge is 0.321 e. The number of halogens is 3. The van der Waals surface area contributed by atoms with Crippen LogP contribution in [0.3, 0.4) is 0 Å². The molecule has 2 rings (SSSR count). The van der Waals surface area contributed by atoms with Gasteiger partial charge in [0.2, 0.25) is 3.79 Å². The average Bonchev–Trinajstić information content (AvgIpc) is 2.50. The number of hydrogen-bond donors (Lipinski definition) is 0. The summed E-state index contributed by atoms with van der Waals surface area (Å²) in [6, 6.07) is 0. The van der Waals surface area contributed by atoms with Gasteiger partial charge in [-0.1, -0.05) is 34.8 Å². The van der Waals surface area contributed by atoms with E-state index in [1.807, 2.05) is 0 Å². The van der Waals surface area contributed by atoms with E-state index in [9.17, 15) is 9.59 Å². The van der Waals surface area contributed by atoms with Crippen molar-refractivity contribution in [3.8, 4) is 0 Å². The number of carbonyl (C=O) groups excluding carboxylic acids is 2. The lowest BCUT2D eigenvalue weighted by atomic mass is 9.81. The molecule has 0 aromatic rings. The number of esters is 2. The third kappa shape index (κ3) is 1.67. The topological polar surface area (TPSA) is 52.6 Å². The maximum Gasteiger partial charge on any atom is 0.321 e. The molecule has 2 aliphatic rings. The number of hydrogen-bond acceptors (Lipinski definition) is 4. The van der Waals surface area contributed by atoms with Gasteiger partial charge in [-0.3, -0.25) is 9.59 Å². The molecule has 0 aromatic carbocycles. The third-order valence-electron chi connectivity index (χ3n) is 2.93. The van der Waals surface area contributed by atoms with E-state index >= 15 is 0 Å². The third-order valence-corrected chi connectivity index (χ3v) is 3.57. The molecule has 0 unspecified atom stereocenters. The molecule has 0 spiro atoms. The van der Waals surface area contributed by atoms with E-state index in [4.69, 9.17) is 44.3 Å². The molecule has 2 heterocycles. The number of fused-ring (bicyclic) bond motifs is 1. The van der Waals surface area contributed by atoms with Crippen LogP contribution >= 0.6 is 34.8 Å². The highest BCUT2D eigenvalue weighted by atomic mass is 35.6. The minimum absolute atomic E-state index is 0.569. The predicted molar refractivity (Wildman–Crippen MR) is 57.3 cm³/mol. The highest BCUT2D eigenvalue weighted by Crippen LogP contribution is 2.51. The fraction of sp³-hybridized carbons (Fsp3) is 0.778. The first-order chi connectivity index (χ1) is 7.14. The maximum atomic E-state index is 11.5. The predicted octanol–water partition coefficient (Wildman–Crippen LogP) is 1.85. The SMILES string of the molecule is CC1(C)OC(=O)[C@@H]2C(=O)O[C@@H](C(Cl)(Cl)Cl)[C@@H]21. The van der Waals surface area contributed by atoms with E-state index in [1.54, 1.807) is 13.8 Å². The minimum Gasteiger partial charge on any atom is -0.459 e. The Morgan fingerprint density at radius 3 is 2.25 bits per heavy atom. The molecule has 2 saturated heterocycles. The number of carbonyl (C=O) groups is 2. The monoisotopic (exact) mass is 286 g/mol. The van der Waals surface area contributed by atoms with Crippen molar-refractivity contribution >= 4 is 46.7 Å². The molecule has 90 valence electrons. The lowest BCUT2D eigenvalue weighted by Gasteiger charge is -2.30. The summed E-state index contributed by atoms with van der Waals surface area (Å²) in [5.74, 6) is -2.84. The van der Waals surface area contributed by atoms with Gasteiger partial charge in [0.25, 0.3) is 0 Å². The molecule has 0 N–H and O–H groups in total. The normalized spacial score (nSPS) is 36.9. The molecule has 2 aliphatic heterocycles. The summed E-state index contributed by atoms with van der Waals surface area (Å²) in [4.78, 5) is 23.0. The van der Waals surface area contributed by atoms with Crippen molar-refractivity contribution in [3.05, 3.63) is 0 Å². The second-order valence-corrected chi connectivity index (χ2v) is 6.80. The first-order valence-electron chi connectivity index (χ1n) is 4.64. The van der Waals surface area contributed by atoms with Crippen molar-refractivity contribution in [2.45, 2.75) is 29.3 Å². The Morgan fingerprint density at radius 2 is 1.75 bits per heavy atom. The zero-order chi connectivity index (χ0) is 12.3. The van der Waals surface area contributed by atoms with Gasteiger partial charge in [-0.15, -0.1) is 0 Å². The zero-order valence-electron chi connectivity index (χ0n) is 8.50. The van der Waals surface area contributed by atoms with E-state index in [2.05, 4.69) is 0 Å². The fourth-order valence-electron chi connectivity index (χ4n) is 2.26. The van der Waals surface area contributed by atoms with Crippen LogP contribution in [-0.4, -0.2) is 27.4 Å². The van der Waals surface area contributed by atoms with Crippen LogP contribution < -0.4 is 0 Å². The number of alkyl halides is 3. The second-order valence-electron chi connectivity index (χ2n) is 4.43. The molecule has 16 heavy (non-hydrogen) atoms. The summed E-state index contributed by atoms with van der Waals surface area (Å²) in [5.41, 5.74) is -0.873. The molecule has 0 radical (unpaired) electrons. The number of cyclic esters (lactones) is 2. The van der Waals surface area contributed by atoms with Crippen molar-refractivity contribution in [1.82, 2.24) is 0 Å². The summed E-state index contributed by atoms with van der Waals surface area (Å²) in [5, 5.41) is 0. The largest absolute Gasteiger partial charge is 0.459 e. The summed E-state index contributed by atoms with van der Waals surface area (Å²) in [6.07, 6.45) is -0.962. The molecule has 4 nitrogen and oxygen atoms in total. The van der Waals surface area contributed by atoms with Crippen molar-refractivity contribution in [2.24, 2.45) is 11.8 Å². The van der Waals surface area contributed by atoms with Gasteiger partial charge >= 0.3 is 11.9 Å². The zero-order valence-corrected chi connectivity index (χ0v) is 10.8. The Kier molecular flexibility index (Phi) is 2.61. The molecule has 3 atom stereocenters. The van der Waals surface area contributed by atoms with Crippen LogP contribution in [0.4, 0.5) is 0 Å². The van der Waals surface area contributed by atoms with E-state index in [0.717, 1.165) is 0 Å². The molecular formula is C9H9Cl3O4. The average molecular weight is 288 g/mol. The Hall–Kier alpha value is -0.190. The Bertz CT molecular complexity index is 360. The second kappa shape index (κ2) is 3.40. The summed E-state index contributed by atoms with van der Waals surface area (Å²) >= 11 is 17.2. The summed E-state index contributed by atoms with van der Waals surface area (Å²) in [7, 11) is 0. The molecule has 0 saturated carbocycles. The minimum atomic E-state index is -1.76. The van der Waals surface area contributed by atoms with Crippen LogP contribution in [0.25, 0.3) is 0 Å². The van der Waals surface area contributed by atoms with Gasteiger partial charge in [0.05, 0.1) is 5.92 Å². The molecule has 2 fully saturated rings. The maximum absolute atomic E-state index is 11.5. The van der Waals surface area contributed by atoms with Crippen LogP contribution in [0.1, 0.15) is 13.8 Å². The molecule has 0 aromatic heterocycles. The van der Waals surface area contributed by atoms with E-state index < -0.39 is 39.3 Å². The van der Waals surface area contributed by atoms with Gasteiger partial charge in [-0.25, -0.2) is 0 Å². The van der Waals surface area contributed by atoms with Crippen molar-refractivity contribution in [2.75, 3.05) is 0 Å². The summed E-state index contributed by atoms with van der Waals surface area (Å²) in [6.45, 7) is 3.34. The molecular weight excluding hydrogens is 278 g/mol. The van der Waals surface area contributed by atoms with Crippen molar-refractivity contribution < 1.29 is 19.1 Å². The van der Waals surface area contributed by atoms with Crippen LogP contribution in [0.2, 0.25) is 0 Å². The van der Waals surface area contributed by atoms with Gasteiger partial charge in [0, 0.05) is 0 Å². The molecule has 0 amide bonds. The molecule has 0 bridgehead atoms. The van der Waals surface area contributed by atoms with Crippen molar-refractivity contribution in [1.29, 1.82) is 0 Å². The Labute approximate surface area is 107 Å². The highest BCUT2D eigenvalue weighted by Gasteiger charge is 2.66. The van der Waals surface area contributed by atoms with Crippen LogP contribution in [0, 0.1) is 11.8 Å². The van der Waals surface area contributed by atoms with E-state index in [-0.39, 0.29) is 0 Å². The lowest BCUT2D eigenvalue weighted by Crippen LogP contribution is -2.42. The first kappa shape index (κ1) is 12.3. The molecule has 0 aliphatic carbocycles. The van der Waals surface area contributed by atoms with Gasteiger partial charge in [-0.2, -0.15) is 0 Å². The van der Waals surface area contributed by atoms with Gasteiger partial charge in [0.15, 0.2) is 12.0 Å². The van der Waals surface area contributed by atoms with Crippen LogP contribution in [-0.2, 0) is 19.1 Å². The highest BCUT2D eigenvalue weighted by molar-refractivity contribution is 6.68. The van der Waals surface area contributed by atoms with E-state index in [0.29, 0.717) is 0 Å². The summed E-state index contributed by atoms with van der Waals surface area (Å²) < 4.78 is 8.30. The number of rotatable bonds is 0. The van der Waals surface area contributed by atoms with Crippen LogP contribution in [0.5, 0.6) is 0 Å². The van der Waals surface area contributed by atoms with Gasteiger partial charge < -0.3 is 9.47 Å². The van der Waals surface area contributed by atoms with Crippen molar-refractivity contribution in [3.63, 3.8) is 0 Å². The first-order valence-corrected chi connectivity index (χ1v) is 5.78. The van der Waals surface area contributed by atoms with E-state index in [1.165, 1.54) is 0 Å². The quantitative estimate of drug-likeness (QED) is 0.388. The molecule has 7 heteroatoms. The lowest BCUT2D eigenvalue weighted by molar-refractivity contribution is -0.159. The fourth-order valence-corrected chi connectivity index (χ4v) is 2.80. The Balaban J connectivity index is 2.41.